The van der Waals surface area contributed by atoms with Gasteiger partial charge >= 0.3 is 5.97 Å². The Kier molecular flexibility index (Phi) is 18.9. The highest BCUT2D eigenvalue weighted by Crippen LogP contribution is 2.61. The van der Waals surface area contributed by atoms with Crippen LogP contribution in [0.15, 0.2) is 510 Å². The molecule has 0 radical (unpaired) electrons. The molecule has 8 nitrogen and oxygen atoms in total. The molecule has 0 unspecified atom stereocenters. The van der Waals surface area contributed by atoms with Crippen LogP contribution in [-0.4, -0.2) is 26.1 Å². The van der Waals surface area contributed by atoms with Crippen LogP contribution in [-0.2, 0) is 11.3 Å². The third kappa shape index (κ3) is 13.3. The maximum Gasteiger partial charge on any atom is 0.338 e. The smallest absolute Gasteiger partial charge is 0.338 e. The van der Waals surface area contributed by atoms with E-state index < -0.39 is 19.4 Å². The number of benzene rings is 24. The zero-order valence-electron chi connectivity index (χ0n) is 80.9. The van der Waals surface area contributed by atoms with E-state index >= 15 is 4.79 Å². The molecule has 0 saturated heterocycles. The average Bonchev–Trinajstić information content (AvgIpc) is 0.649. The zero-order chi connectivity index (χ0) is 97.7. The number of anilines is 15. The van der Waals surface area contributed by atoms with Gasteiger partial charge in [0.15, 0.2) is 11.5 Å². The van der Waals surface area contributed by atoms with Crippen LogP contribution < -0.4 is 78.4 Å². The Labute approximate surface area is 864 Å². The molecule has 24 aromatic carbocycles. The monoisotopic (exact) mass is 1890 g/mol. The van der Waals surface area contributed by atoms with E-state index in [0.717, 1.165) is 262 Å². The summed E-state index contributed by atoms with van der Waals surface area (Å²) < 4.78 is 15.1. The minimum Gasteiger partial charge on any atom is -0.457 e. The van der Waals surface area contributed by atoms with Crippen LogP contribution in [0.2, 0.25) is 0 Å². The molecule has 690 valence electrons. The second-order valence-electron chi connectivity index (χ2n) is 40.4. The van der Waals surface area contributed by atoms with E-state index in [2.05, 4.69) is 504 Å². The van der Waals surface area contributed by atoms with Gasteiger partial charge in [-0.15, -0.1) is 0 Å². The van der Waals surface area contributed by atoms with Gasteiger partial charge in [0.1, 0.15) is 6.61 Å². The van der Waals surface area contributed by atoms with Crippen molar-refractivity contribution in [1.82, 2.24) is 0 Å². The van der Waals surface area contributed by atoms with Crippen molar-refractivity contribution in [3.63, 3.8) is 0 Å². The summed E-state index contributed by atoms with van der Waals surface area (Å²) in [4.78, 5) is 29.8. The fourth-order valence-electron chi connectivity index (χ4n) is 25.5. The summed E-state index contributed by atoms with van der Waals surface area (Å²) in [7, 11) is 0. The fourth-order valence-corrected chi connectivity index (χ4v) is 25.5. The number of carbonyl (C=O) groups is 1. The SMILES string of the molecule is O=C(OCc1ccccc1)c1cc2c3c(c1)N(c1cc(-c4ccccc4)cc(-c4ccccc4)c1)c1cc4ccccc4cc1B3c1cc3c(cc1N2c1cc(-c2ccccc2)cc(-c2ccccc2)c1)N(c1cc(-c2ccccc2)cc(-c2ccccc2)c1)c1cc2c4c5c1B3c1cc3ccccc3c3c1N5c1c(cc5ccccc5c1O3)B4c1cc3ccccc3cc1N2c1cc(-c2ccccc2)cc(-c2ccccc2)c1. The predicted octanol–water partition coefficient (Wildman–Crippen LogP) is 29.9. The van der Waals surface area contributed by atoms with Gasteiger partial charge in [-0.05, 0) is 285 Å². The lowest BCUT2D eigenvalue weighted by atomic mass is 9.27. The molecule has 7 aliphatic heterocycles. The first-order valence-corrected chi connectivity index (χ1v) is 51.4. The number of carbonyl (C=O) groups excluding carboxylic acids is 1. The lowest BCUT2D eigenvalue weighted by Crippen LogP contribution is -2.69. The largest absolute Gasteiger partial charge is 0.457 e. The number of fused-ring (bicyclic) bond motifs is 16. The van der Waals surface area contributed by atoms with Crippen molar-refractivity contribution in [2.45, 2.75) is 6.61 Å². The molecular formula is C138H86B3N5O3. The molecule has 0 saturated carbocycles. The molecule has 24 aromatic rings. The number of rotatable bonds is 15. The van der Waals surface area contributed by atoms with Gasteiger partial charge in [-0.2, -0.15) is 0 Å². The van der Waals surface area contributed by atoms with Gasteiger partial charge in [-0.1, -0.05) is 400 Å². The highest BCUT2D eigenvalue weighted by Gasteiger charge is 2.57. The molecule has 0 fully saturated rings. The highest BCUT2D eigenvalue weighted by atomic mass is 16.5. The Morgan fingerprint density at radius 2 is 0.450 bits per heavy atom. The van der Waals surface area contributed by atoms with Crippen molar-refractivity contribution in [2.24, 2.45) is 0 Å². The van der Waals surface area contributed by atoms with Gasteiger partial charge in [0, 0.05) is 84.7 Å². The molecular weight excluding hydrogens is 1810 g/mol. The minimum atomic E-state index is -0.533. The van der Waals surface area contributed by atoms with E-state index in [9.17, 15) is 0 Å². The van der Waals surface area contributed by atoms with Crippen molar-refractivity contribution >= 4 is 204 Å². The number of esters is 1. The molecule has 0 bridgehead atoms. The molecule has 0 amide bonds. The maximum atomic E-state index is 16.7. The molecule has 0 spiro atoms. The first kappa shape index (κ1) is 84.3. The van der Waals surface area contributed by atoms with Gasteiger partial charge in [-0.25, -0.2) is 4.79 Å². The van der Waals surface area contributed by atoms with E-state index in [4.69, 9.17) is 9.47 Å². The van der Waals surface area contributed by atoms with Crippen molar-refractivity contribution in [3.05, 3.63) is 521 Å². The first-order chi connectivity index (χ1) is 73.8. The summed E-state index contributed by atoms with van der Waals surface area (Å²) in [5.41, 5.74) is 43.4. The third-order valence-corrected chi connectivity index (χ3v) is 32.0. The second kappa shape index (κ2) is 33.4. The number of ether oxygens (including phenoxy) is 2. The molecule has 11 heteroatoms. The lowest BCUT2D eigenvalue weighted by Gasteiger charge is -2.53. The second-order valence-corrected chi connectivity index (χ2v) is 40.4. The van der Waals surface area contributed by atoms with Gasteiger partial charge < -0.3 is 34.0 Å². The van der Waals surface area contributed by atoms with Crippen LogP contribution in [0.4, 0.5) is 85.3 Å². The summed E-state index contributed by atoms with van der Waals surface area (Å²) in [6.07, 6.45) is 0. The van der Waals surface area contributed by atoms with Crippen molar-refractivity contribution in [2.75, 3.05) is 24.5 Å². The molecule has 0 aromatic heterocycles. The molecule has 0 aliphatic carbocycles. The van der Waals surface area contributed by atoms with E-state index in [1.165, 1.54) is 21.9 Å². The molecule has 31 rings (SSSR count). The Bertz CT molecular complexity index is 9520. The van der Waals surface area contributed by atoms with Crippen molar-refractivity contribution in [3.8, 4) is 101 Å². The van der Waals surface area contributed by atoms with Gasteiger partial charge in [0.2, 0.25) is 0 Å². The molecule has 7 heterocycles. The molecule has 0 N–H and O–H groups in total. The fraction of sp³-hybridized carbons (Fsp3) is 0.00725. The van der Waals surface area contributed by atoms with E-state index in [1.54, 1.807) is 0 Å². The topological polar surface area (TPSA) is 51.7 Å². The first-order valence-electron chi connectivity index (χ1n) is 51.4. The van der Waals surface area contributed by atoms with E-state index in [-0.39, 0.29) is 13.3 Å². The molecule has 149 heavy (non-hydrogen) atoms. The Balaban J connectivity index is 0.771. The quantitative estimate of drug-likeness (QED) is 0.0743. The van der Waals surface area contributed by atoms with Gasteiger partial charge in [-0.3, -0.25) is 0 Å². The van der Waals surface area contributed by atoms with Crippen LogP contribution in [0.5, 0.6) is 11.5 Å². The van der Waals surface area contributed by atoms with Crippen LogP contribution >= 0.6 is 0 Å². The Morgan fingerprint density at radius 1 is 0.201 bits per heavy atom. The summed E-state index contributed by atoms with van der Waals surface area (Å²) in [6.45, 7) is -1.35. The van der Waals surface area contributed by atoms with Crippen LogP contribution in [0.3, 0.4) is 0 Å². The molecule has 0 atom stereocenters. The van der Waals surface area contributed by atoms with Gasteiger partial charge in [0.05, 0.1) is 16.9 Å². The normalized spacial score (nSPS) is 13.1. The lowest BCUT2D eigenvalue weighted by molar-refractivity contribution is 0.0472. The Morgan fingerprint density at radius 3 is 0.772 bits per heavy atom. The predicted molar refractivity (Wildman–Crippen MR) is 623 cm³/mol. The van der Waals surface area contributed by atoms with Crippen LogP contribution in [0.1, 0.15) is 15.9 Å². The summed E-state index contributed by atoms with van der Waals surface area (Å²) in [5.74, 6) is 1.20. The average molecular weight is 1890 g/mol. The number of hydrogen-bond acceptors (Lipinski definition) is 8. The highest BCUT2D eigenvalue weighted by molar-refractivity contribution is 7.06. The maximum absolute atomic E-state index is 16.7. The van der Waals surface area contributed by atoms with Crippen molar-refractivity contribution < 1.29 is 14.3 Å². The Hall–Kier alpha value is -19.2. The number of hydrogen-bond donors (Lipinski definition) is 0. The van der Waals surface area contributed by atoms with Gasteiger partial charge in [0.25, 0.3) is 20.1 Å². The van der Waals surface area contributed by atoms with Crippen LogP contribution in [0, 0.1) is 0 Å². The third-order valence-electron chi connectivity index (χ3n) is 32.0. The number of nitrogens with zero attached hydrogens (tertiary/aromatic N) is 5. The summed E-state index contributed by atoms with van der Waals surface area (Å²) in [6, 6.07) is 189. The summed E-state index contributed by atoms with van der Waals surface area (Å²) >= 11 is 0. The van der Waals surface area contributed by atoms with Crippen molar-refractivity contribution in [1.29, 1.82) is 0 Å². The standard InChI is InChI=1S/C138H86B3N5O3/c147-138(148-85-86-36-10-1-11-37-86)109-80-126-130-127(81-109)144(112-70-105(91-46-20-6-21-47-91)64-106(71-112)92-48-22-7-23-49-92)124-83-125-119(82-118(124)139(130)116-74-95-54-28-30-56-97(95)78-122(116)142(126)110-66-101(87-38-12-2-13-39-87)62-102(67-110)88-40-14-3-15-41-88)141-121-77-100-59-33-35-61-115(100)137-134(121)146-133-120(76-99-58-32-34-60-114(99)136(133)149-137)140-117-75-96-55-29-31-57-98(96)79-123(117)143(111-68-103(89-42-16-4-17-43-89)63-104(69-111)90-44-18-5-19-45-90)128-84-129(132(141)135(146)131(128)140)145(125)113-72-107(93-50-24-8-25-51-93)65-108(73-113)94-52-26-9-27-53-94/h1-84H,85H2. The zero-order valence-corrected chi connectivity index (χ0v) is 80.9. The molecule has 7 aliphatic rings. The van der Waals surface area contributed by atoms with E-state index in [1.807, 2.05) is 30.3 Å². The van der Waals surface area contributed by atoms with E-state index in [0.29, 0.717) is 5.56 Å². The van der Waals surface area contributed by atoms with Crippen LogP contribution in [0.25, 0.3) is 132 Å². The summed E-state index contributed by atoms with van der Waals surface area (Å²) in [5, 5.41) is 8.72. The minimum absolute atomic E-state index is 0.0530.